The molecule has 33 heavy (non-hydrogen) atoms. The summed E-state index contributed by atoms with van der Waals surface area (Å²) in [5.41, 5.74) is 4.31. The first kappa shape index (κ1) is 22.9. The van der Waals surface area contributed by atoms with Crippen LogP contribution in [0.3, 0.4) is 0 Å². The Labute approximate surface area is 194 Å². The van der Waals surface area contributed by atoms with Gasteiger partial charge in [-0.15, -0.1) is 0 Å². The number of nitrogens with zero attached hydrogens (tertiary/aromatic N) is 1. The van der Waals surface area contributed by atoms with Crippen molar-refractivity contribution >= 4 is 21.7 Å². The monoisotopic (exact) mass is 462 g/mol. The first-order valence-corrected chi connectivity index (χ1v) is 12.4. The Hall–Kier alpha value is -3.29. The van der Waals surface area contributed by atoms with Crippen LogP contribution in [0.15, 0.2) is 77.7 Å². The Morgan fingerprint density at radius 2 is 1.67 bits per heavy atom. The molecule has 7 heteroatoms. The molecule has 0 spiro atoms. The smallest absolute Gasteiger partial charge is 0.240 e. The fraction of sp³-hybridized carbons (Fsp3) is 0.231. The number of hydrogen-bond acceptors (Lipinski definition) is 4. The largest absolute Gasteiger partial charge is 0.338 e. The highest BCUT2D eigenvalue weighted by Crippen LogP contribution is 2.25. The van der Waals surface area contributed by atoms with E-state index in [0.717, 1.165) is 35.2 Å². The van der Waals surface area contributed by atoms with E-state index in [2.05, 4.69) is 4.72 Å². The van der Waals surface area contributed by atoms with Crippen LogP contribution >= 0.6 is 0 Å². The average Bonchev–Trinajstić information content (AvgIpc) is 3.23. The third-order valence-corrected chi connectivity index (χ3v) is 7.27. The van der Waals surface area contributed by atoms with Crippen LogP contribution in [0.4, 0.5) is 0 Å². The molecule has 6 nitrogen and oxygen atoms in total. The van der Waals surface area contributed by atoms with Crippen molar-refractivity contribution in [3.63, 3.8) is 0 Å². The second kappa shape index (κ2) is 9.68. The predicted octanol–water partition coefficient (Wildman–Crippen LogP) is 4.16. The topological polar surface area (TPSA) is 83.6 Å². The van der Waals surface area contributed by atoms with Gasteiger partial charge in [-0.2, -0.15) is 0 Å². The van der Waals surface area contributed by atoms with Crippen LogP contribution in [0.5, 0.6) is 0 Å². The van der Waals surface area contributed by atoms with Crippen LogP contribution < -0.4 is 4.72 Å². The number of hydrogen-bond donors (Lipinski definition) is 1. The second-order valence-corrected chi connectivity index (χ2v) is 9.94. The van der Waals surface area contributed by atoms with Gasteiger partial charge in [0.15, 0.2) is 5.78 Å². The molecular weight excluding hydrogens is 436 g/mol. The van der Waals surface area contributed by atoms with E-state index in [0.29, 0.717) is 18.5 Å². The van der Waals surface area contributed by atoms with E-state index in [4.69, 9.17) is 0 Å². The summed E-state index contributed by atoms with van der Waals surface area (Å²) >= 11 is 0. The van der Waals surface area contributed by atoms with Crippen molar-refractivity contribution in [3.05, 3.63) is 89.5 Å². The molecule has 4 rings (SSSR count). The molecule has 1 amide bonds. The fourth-order valence-electron chi connectivity index (χ4n) is 3.96. The Kier molecular flexibility index (Phi) is 6.72. The Morgan fingerprint density at radius 3 is 2.30 bits per heavy atom. The molecular formula is C26H26N2O4S. The maximum atomic E-state index is 12.7. The van der Waals surface area contributed by atoms with E-state index in [9.17, 15) is 18.0 Å². The van der Waals surface area contributed by atoms with Gasteiger partial charge >= 0.3 is 0 Å². The van der Waals surface area contributed by atoms with Crippen molar-refractivity contribution in [2.24, 2.45) is 0 Å². The Bertz CT molecular complexity index is 1270. The zero-order chi connectivity index (χ0) is 23.4. The highest BCUT2D eigenvalue weighted by molar-refractivity contribution is 7.89. The maximum absolute atomic E-state index is 12.7. The molecule has 1 saturated heterocycles. The van der Waals surface area contributed by atoms with E-state index < -0.39 is 10.0 Å². The van der Waals surface area contributed by atoms with Crippen LogP contribution in [-0.2, 0) is 27.9 Å². The standard InChI is InChI=1S/C26H26N2O4S/c1-19(29)21-12-14-24(15-13-21)33(31,32)27-17-23-5-2-3-6-25(23)22-10-8-20(9-11-22)18-28-16-4-7-26(28)30/h2-3,5-6,8-15,27H,4,7,16-18H2,1H3. The maximum Gasteiger partial charge on any atom is 0.240 e. The minimum atomic E-state index is -3.72. The SMILES string of the molecule is CC(=O)c1ccc(S(=O)(=O)NCc2ccccc2-c2ccc(CN3CCCC3=O)cc2)cc1. The zero-order valence-electron chi connectivity index (χ0n) is 18.5. The number of likely N-dealkylation sites (tertiary alicyclic amines) is 1. The molecule has 0 saturated carbocycles. The molecule has 0 unspecified atom stereocenters. The number of amides is 1. The molecule has 0 radical (unpaired) electrons. The van der Waals surface area contributed by atoms with Gasteiger partial charge in [0.25, 0.3) is 0 Å². The number of ketones is 1. The van der Waals surface area contributed by atoms with E-state index in [1.54, 1.807) is 0 Å². The molecule has 0 atom stereocenters. The van der Waals surface area contributed by atoms with Crippen molar-refractivity contribution in [2.75, 3.05) is 6.54 Å². The summed E-state index contributed by atoms with van der Waals surface area (Å²) in [6.07, 6.45) is 1.54. The third-order valence-electron chi connectivity index (χ3n) is 5.85. The number of carbonyl (C=O) groups excluding carboxylic acids is 2. The van der Waals surface area contributed by atoms with Crippen LogP contribution in [0.1, 0.15) is 41.3 Å². The Balaban J connectivity index is 1.48. The lowest BCUT2D eigenvalue weighted by atomic mass is 9.98. The molecule has 170 valence electrons. The fourth-order valence-corrected chi connectivity index (χ4v) is 4.97. The van der Waals surface area contributed by atoms with Gasteiger partial charge < -0.3 is 4.90 Å². The van der Waals surface area contributed by atoms with Crippen LogP contribution in [0.2, 0.25) is 0 Å². The van der Waals surface area contributed by atoms with Crippen LogP contribution in [0, 0.1) is 0 Å². The van der Waals surface area contributed by atoms with E-state index in [1.165, 1.54) is 31.2 Å². The molecule has 0 bridgehead atoms. The van der Waals surface area contributed by atoms with E-state index >= 15 is 0 Å². The molecule has 1 fully saturated rings. The first-order chi connectivity index (χ1) is 15.8. The summed E-state index contributed by atoms with van der Waals surface area (Å²) in [4.78, 5) is 25.3. The zero-order valence-corrected chi connectivity index (χ0v) is 19.3. The number of rotatable bonds is 8. The molecule has 3 aromatic rings. The second-order valence-electron chi connectivity index (χ2n) is 8.18. The molecule has 1 aliphatic heterocycles. The molecule has 1 N–H and O–H groups in total. The van der Waals surface area contributed by atoms with Gasteiger partial charge in [-0.1, -0.05) is 60.7 Å². The summed E-state index contributed by atoms with van der Waals surface area (Å²) < 4.78 is 28.1. The van der Waals surface area contributed by atoms with Crippen molar-refractivity contribution in [3.8, 4) is 11.1 Å². The van der Waals surface area contributed by atoms with Crippen molar-refractivity contribution in [1.82, 2.24) is 9.62 Å². The third kappa shape index (κ3) is 5.38. The number of benzene rings is 3. The van der Waals surface area contributed by atoms with Crippen molar-refractivity contribution in [1.29, 1.82) is 0 Å². The van der Waals surface area contributed by atoms with Crippen molar-refractivity contribution < 1.29 is 18.0 Å². The van der Waals surface area contributed by atoms with E-state index in [1.807, 2.05) is 53.4 Å². The first-order valence-electron chi connectivity index (χ1n) is 10.9. The lowest BCUT2D eigenvalue weighted by Gasteiger charge is -2.16. The highest BCUT2D eigenvalue weighted by Gasteiger charge is 2.20. The summed E-state index contributed by atoms with van der Waals surface area (Å²) in [5.74, 6) is 0.0894. The predicted molar refractivity (Wildman–Crippen MR) is 127 cm³/mol. The number of carbonyl (C=O) groups is 2. The van der Waals surface area contributed by atoms with Crippen LogP contribution in [-0.4, -0.2) is 31.6 Å². The highest BCUT2D eigenvalue weighted by atomic mass is 32.2. The summed E-state index contributed by atoms with van der Waals surface area (Å²) in [6.45, 7) is 3.00. The van der Waals surface area contributed by atoms with Gasteiger partial charge in [-0.05, 0) is 47.7 Å². The van der Waals surface area contributed by atoms with Gasteiger partial charge in [-0.25, -0.2) is 13.1 Å². The van der Waals surface area contributed by atoms with Crippen molar-refractivity contribution in [2.45, 2.75) is 37.8 Å². The average molecular weight is 463 g/mol. The summed E-state index contributed by atoms with van der Waals surface area (Å²) in [5, 5.41) is 0. The van der Waals surface area contributed by atoms with Gasteiger partial charge in [0.1, 0.15) is 0 Å². The number of nitrogens with one attached hydrogen (secondary N) is 1. The number of Topliss-reactive ketones (excluding diaryl/α,β-unsaturated/α-hetero) is 1. The minimum Gasteiger partial charge on any atom is -0.338 e. The summed E-state index contributed by atoms with van der Waals surface area (Å²) in [6, 6.07) is 21.6. The van der Waals surface area contributed by atoms with Crippen LogP contribution in [0.25, 0.3) is 11.1 Å². The van der Waals surface area contributed by atoms with Gasteiger partial charge in [0.2, 0.25) is 15.9 Å². The molecule has 0 aliphatic carbocycles. The van der Waals surface area contributed by atoms with Gasteiger partial charge in [0.05, 0.1) is 4.90 Å². The number of sulfonamides is 1. The lowest BCUT2D eigenvalue weighted by Crippen LogP contribution is -2.23. The molecule has 0 aromatic heterocycles. The molecule has 1 aliphatic rings. The summed E-state index contributed by atoms with van der Waals surface area (Å²) in [7, 11) is -3.72. The van der Waals surface area contributed by atoms with Gasteiger partial charge in [0, 0.05) is 31.6 Å². The lowest BCUT2D eigenvalue weighted by molar-refractivity contribution is -0.128. The quantitative estimate of drug-likeness (QED) is 0.510. The normalized spacial score (nSPS) is 14.0. The molecule has 1 heterocycles. The molecule has 3 aromatic carbocycles. The Morgan fingerprint density at radius 1 is 0.970 bits per heavy atom. The van der Waals surface area contributed by atoms with Gasteiger partial charge in [-0.3, -0.25) is 9.59 Å². The van der Waals surface area contributed by atoms with E-state index in [-0.39, 0.29) is 23.1 Å². The minimum absolute atomic E-state index is 0.112.